The van der Waals surface area contributed by atoms with E-state index in [-0.39, 0.29) is 5.60 Å². The topological polar surface area (TPSA) is 73.9 Å². The summed E-state index contributed by atoms with van der Waals surface area (Å²) >= 11 is 0. The van der Waals surface area contributed by atoms with Gasteiger partial charge in [0.15, 0.2) is 0 Å². The van der Waals surface area contributed by atoms with Crippen LogP contribution in [0, 0.1) is 0 Å². The van der Waals surface area contributed by atoms with Gasteiger partial charge in [0.1, 0.15) is 6.29 Å². The second-order valence-electron chi connectivity index (χ2n) is 5.79. The third-order valence-electron chi connectivity index (χ3n) is 2.72. The molecule has 0 aliphatic carbocycles. The first-order valence-corrected chi connectivity index (χ1v) is 7.67. The van der Waals surface area contributed by atoms with E-state index in [2.05, 4.69) is 5.32 Å². The van der Waals surface area contributed by atoms with Crippen LogP contribution in [0.15, 0.2) is 0 Å². The minimum atomic E-state index is 0.0417. The number of nitrogens with one attached hydrogen (secondary N) is 1. The number of carbonyl (C=O) groups is 2. The maximum absolute atomic E-state index is 9.65. The van der Waals surface area contributed by atoms with Crippen molar-refractivity contribution >= 4 is 12.7 Å². The number of unbranched alkanes of at least 4 members (excludes halogenated alkanes) is 1. The fraction of sp³-hybridized carbons (Fsp3) is 0.875. The fourth-order valence-electron chi connectivity index (χ4n) is 1.31. The predicted molar refractivity (Wildman–Crippen MR) is 87.0 cm³/mol. The van der Waals surface area contributed by atoms with E-state index in [0.29, 0.717) is 25.5 Å². The van der Waals surface area contributed by atoms with Crippen molar-refractivity contribution in [3.8, 4) is 0 Å². The number of hydrogen-bond acceptors (Lipinski definition) is 5. The Labute approximate surface area is 134 Å². The van der Waals surface area contributed by atoms with Crippen LogP contribution in [0.3, 0.4) is 0 Å². The lowest BCUT2D eigenvalue weighted by Crippen LogP contribution is -2.15. The van der Waals surface area contributed by atoms with E-state index in [1.807, 2.05) is 20.8 Å². The average Bonchev–Trinajstić information content (AvgIpc) is 2.98. The third-order valence-corrected chi connectivity index (χ3v) is 2.72. The van der Waals surface area contributed by atoms with Crippen molar-refractivity contribution in [2.75, 3.05) is 34.0 Å². The molecule has 6 heteroatoms. The Morgan fingerprint density at radius 2 is 1.91 bits per heavy atom. The molecule has 1 N–H and O–H groups in total. The smallest absolute Gasteiger partial charge is 0.207 e. The van der Waals surface area contributed by atoms with Crippen LogP contribution in [0.25, 0.3) is 0 Å². The second-order valence-corrected chi connectivity index (χ2v) is 5.79. The first kappa shape index (κ1) is 23.3. The van der Waals surface area contributed by atoms with Gasteiger partial charge >= 0.3 is 0 Å². The lowest BCUT2D eigenvalue weighted by Gasteiger charge is -2.14. The molecule has 0 aromatic carbocycles. The van der Waals surface area contributed by atoms with Crippen LogP contribution in [0.1, 0.15) is 46.5 Å². The highest BCUT2D eigenvalue weighted by molar-refractivity contribution is 5.49. The normalized spacial score (nSPS) is 16.7. The number of hydrogen-bond donors (Lipinski definition) is 1. The Hall–Kier alpha value is -0.980. The van der Waals surface area contributed by atoms with Crippen molar-refractivity contribution in [1.82, 2.24) is 5.32 Å². The molecule has 1 heterocycles. The number of aldehydes is 1. The van der Waals surface area contributed by atoms with Crippen LogP contribution in [-0.2, 0) is 23.8 Å². The summed E-state index contributed by atoms with van der Waals surface area (Å²) in [5.74, 6) is 0. The molecule has 0 bridgehead atoms. The van der Waals surface area contributed by atoms with E-state index >= 15 is 0 Å². The number of rotatable bonds is 7. The molecule has 22 heavy (non-hydrogen) atoms. The van der Waals surface area contributed by atoms with Crippen LogP contribution in [-0.4, -0.2) is 58.4 Å². The second kappa shape index (κ2) is 16.4. The summed E-state index contributed by atoms with van der Waals surface area (Å²) in [7, 11) is 3.42. The summed E-state index contributed by atoms with van der Waals surface area (Å²) in [5, 5.41) is 2.44. The maximum atomic E-state index is 9.65. The molecule has 132 valence electrons. The summed E-state index contributed by atoms with van der Waals surface area (Å²) in [6.45, 7) is 8.35. The van der Waals surface area contributed by atoms with Crippen molar-refractivity contribution in [1.29, 1.82) is 0 Å². The summed E-state index contributed by atoms with van der Waals surface area (Å²) < 4.78 is 15.1. The average molecular weight is 319 g/mol. The van der Waals surface area contributed by atoms with Gasteiger partial charge in [-0.25, -0.2) is 0 Å². The van der Waals surface area contributed by atoms with Gasteiger partial charge in [0, 0.05) is 33.8 Å². The zero-order chi connectivity index (χ0) is 17.3. The molecular weight excluding hydrogens is 286 g/mol. The molecule has 0 aromatic heterocycles. The van der Waals surface area contributed by atoms with Crippen LogP contribution in [0.2, 0.25) is 0 Å². The van der Waals surface area contributed by atoms with Gasteiger partial charge in [0.05, 0.1) is 18.3 Å². The first-order chi connectivity index (χ1) is 10.4. The van der Waals surface area contributed by atoms with Gasteiger partial charge in [-0.1, -0.05) is 0 Å². The van der Waals surface area contributed by atoms with E-state index in [1.165, 1.54) is 12.8 Å². The molecule has 1 aliphatic heterocycles. The molecule has 6 nitrogen and oxygen atoms in total. The van der Waals surface area contributed by atoms with E-state index < -0.39 is 0 Å². The van der Waals surface area contributed by atoms with Crippen molar-refractivity contribution in [3.63, 3.8) is 0 Å². The van der Waals surface area contributed by atoms with Crippen LogP contribution >= 0.6 is 0 Å². The number of ether oxygens (including phenoxy) is 3. The third kappa shape index (κ3) is 21.3. The zero-order valence-electron chi connectivity index (χ0n) is 14.7. The van der Waals surface area contributed by atoms with Crippen LogP contribution < -0.4 is 5.32 Å². The summed E-state index contributed by atoms with van der Waals surface area (Å²) in [6, 6.07) is 0. The van der Waals surface area contributed by atoms with Crippen molar-refractivity contribution in [2.24, 2.45) is 0 Å². The molecule has 1 saturated heterocycles. The van der Waals surface area contributed by atoms with Crippen molar-refractivity contribution in [2.45, 2.75) is 58.2 Å². The lowest BCUT2D eigenvalue weighted by atomic mass is 10.2. The van der Waals surface area contributed by atoms with E-state index in [0.717, 1.165) is 25.9 Å². The molecule has 0 saturated carbocycles. The Morgan fingerprint density at radius 1 is 1.27 bits per heavy atom. The maximum Gasteiger partial charge on any atom is 0.207 e. The van der Waals surface area contributed by atoms with E-state index in [1.54, 1.807) is 14.2 Å². The molecule has 1 rings (SSSR count). The van der Waals surface area contributed by atoms with Gasteiger partial charge in [-0.05, 0) is 40.0 Å². The van der Waals surface area contributed by atoms with E-state index in [9.17, 15) is 9.59 Å². The predicted octanol–water partition coefficient (Wildman–Crippen LogP) is 1.95. The van der Waals surface area contributed by atoms with Gasteiger partial charge in [0.2, 0.25) is 6.41 Å². The van der Waals surface area contributed by atoms with Gasteiger partial charge in [-0.15, -0.1) is 0 Å². The molecule has 1 fully saturated rings. The van der Waals surface area contributed by atoms with Gasteiger partial charge in [-0.2, -0.15) is 0 Å². The van der Waals surface area contributed by atoms with Crippen molar-refractivity contribution in [3.05, 3.63) is 0 Å². The monoisotopic (exact) mass is 319 g/mol. The Kier molecular flexibility index (Phi) is 17.4. The fourth-order valence-corrected chi connectivity index (χ4v) is 1.31. The van der Waals surface area contributed by atoms with Crippen molar-refractivity contribution < 1.29 is 23.8 Å². The summed E-state index contributed by atoms with van der Waals surface area (Å²) in [6.07, 6.45) is 5.50. The number of methoxy groups -OCH3 is 2. The largest absolute Gasteiger partial charge is 0.382 e. The number of amides is 1. The zero-order valence-corrected chi connectivity index (χ0v) is 14.7. The Bertz CT molecular complexity index is 237. The minimum absolute atomic E-state index is 0.0417. The highest BCUT2D eigenvalue weighted by Crippen LogP contribution is 2.11. The molecule has 1 unspecified atom stereocenters. The Morgan fingerprint density at radius 3 is 2.27 bits per heavy atom. The lowest BCUT2D eigenvalue weighted by molar-refractivity contribution is -0.110. The number of carbonyl (C=O) groups excluding carboxylic acids is 2. The van der Waals surface area contributed by atoms with Crippen LogP contribution in [0.4, 0.5) is 0 Å². The molecule has 1 aliphatic rings. The Balaban J connectivity index is 0. The molecular formula is C16H33NO5. The highest BCUT2D eigenvalue weighted by Gasteiger charge is 2.13. The first-order valence-electron chi connectivity index (χ1n) is 7.67. The summed E-state index contributed by atoms with van der Waals surface area (Å²) in [4.78, 5) is 19.2. The molecule has 0 radical (unpaired) electrons. The molecule has 0 spiro atoms. The van der Waals surface area contributed by atoms with Crippen LogP contribution in [0.5, 0.6) is 0 Å². The van der Waals surface area contributed by atoms with E-state index in [4.69, 9.17) is 14.2 Å². The quantitative estimate of drug-likeness (QED) is 0.573. The van der Waals surface area contributed by atoms with Gasteiger partial charge in [-0.3, -0.25) is 4.79 Å². The molecule has 0 aromatic rings. The summed E-state index contributed by atoms with van der Waals surface area (Å²) in [5.41, 5.74) is 0.0417. The highest BCUT2D eigenvalue weighted by atomic mass is 16.5. The minimum Gasteiger partial charge on any atom is -0.382 e. The SMILES string of the molecule is COC(C)(C)C.COCC1CCCO1.O=CCCCNC=O. The standard InChI is InChI=1S/C6H12O2.C5H9NO2.C5H12O/c1-7-5-6-3-2-4-8-6;7-4-2-1-3-6-5-8;1-5(2,3)6-4/h6H,2-5H2,1H3;4-5H,1-3H2,(H,6,8);1-4H3. The molecule has 1 amide bonds. The molecule has 1 atom stereocenters. The van der Waals surface area contributed by atoms with Gasteiger partial charge in [0.25, 0.3) is 0 Å². The van der Waals surface area contributed by atoms with Gasteiger partial charge < -0.3 is 24.3 Å².